The van der Waals surface area contributed by atoms with Crippen molar-refractivity contribution in [3.8, 4) is 0 Å². The van der Waals surface area contributed by atoms with Crippen LogP contribution < -0.4 is 5.32 Å². The van der Waals surface area contributed by atoms with Crippen molar-refractivity contribution in [2.75, 3.05) is 17.8 Å². The van der Waals surface area contributed by atoms with E-state index in [9.17, 15) is 9.59 Å². The molecule has 1 aliphatic rings. The van der Waals surface area contributed by atoms with Crippen molar-refractivity contribution >= 4 is 35.4 Å². The molecular weight excluding hydrogens is 258 g/mol. The van der Waals surface area contributed by atoms with E-state index in [1.165, 1.54) is 0 Å². The molecule has 0 aliphatic carbocycles. The smallest absolute Gasteiger partial charge is 0.326 e. The fraction of sp³-hybridized carbons (Fsp3) is 0.818. The molecular formula is C11H19NO3S2. The van der Waals surface area contributed by atoms with Gasteiger partial charge in [0.25, 0.3) is 0 Å². The number of thioether (sulfide) groups is 2. The minimum atomic E-state index is -0.945. The Balaban J connectivity index is 2.54. The molecule has 0 aromatic heterocycles. The lowest BCUT2D eigenvalue weighted by atomic mass is 10.0. The highest BCUT2D eigenvalue weighted by Crippen LogP contribution is 2.37. The summed E-state index contributed by atoms with van der Waals surface area (Å²) in [4.78, 5) is 23.1. The predicted molar refractivity (Wildman–Crippen MR) is 72.7 cm³/mol. The van der Waals surface area contributed by atoms with Crippen LogP contribution in [0.15, 0.2) is 0 Å². The Kier molecular flexibility index (Phi) is 5.66. The third-order valence-corrected chi connectivity index (χ3v) is 5.08. The zero-order valence-corrected chi connectivity index (χ0v) is 11.8. The maximum atomic E-state index is 12.0. The summed E-state index contributed by atoms with van der Waals surface area (Å²) in [7, 11) is 0. The summed E-state index contributed by atoms with van der Waals surface area (Å²) in [6.45, 7) is 1.90. The average Bonchev–Trinajstić information content (AvgIpc) is 2.72. The van der Waals surface area contributed by atoms with Gasteiger partial charge in [-0.25, -0.2) is 4.79 Å². The van der Waals surface area contributed by atoms with Crippen LogP contribution in [0.2, 0.25) is 0 Å². The van der Waals surface area contributed by atoms with E-state index in [2.05, 4.69) is 5.32 Å². The highest BCUT2D eigenvalue weighted by atomic mass is 32.2. The molecule has 0 aromatic carbocycles. The molecule has 2 unspecified atom stereocenters. The minimum absolute atomic E-state index is 0.131. The largest absolute Gasteiger partial charge is 0.480 e. The fourth-order valence-corrected chi connectivity index (χ4v) is 3.45. The van der Waals surface area contributed by atoms with Crippen LogP contribution in [0.25, 0.3) is 0 Å². The summed E-state index contributed by atoms with van der Waals surface area (Å²) in [5, 5.41) is 11.7. The third-order valence-electron chi connectivity index (χ3n) is 2.91. The predicted octanol–water partition coefficient (Wildman–Crippen LogP) is 1.59. The summed E-state index contributed by atoms with van der Waals surface area (Å²) in [6.07, 6.45) is 4.26. The van der Waals surface area contributed by atoms with E-state index < -0.39 is 16.8 Å². The molecule has 0 aromatic rings. The molecule has 0 spiro atoms. The number of carboxylic acids is 1. The van der Waals surface area contributed by atoms with E-state index in [4.69, 9.17) is 5.11 Å². The van der Waals surface area contributed by atoms with E-state index in [0.29, 0.717) is 6.42 Å². The highest BCUT2D eigenvalue weighted by Gasteiger charge is 2.38. The van der Waals surface area contributed by atoms with Crippen molar-refractivity contribution in [2.45, 2.75) is 37.0 Å². The number of carbonyl (C=O) groups is 2. The van der Waals surface area contributed by atoms with Crippen LogP contribution >= 0.6 is 23.5 Å². The maximum absolute atomic E-state index is 12.0. The molecule has 2 N–H and O–H groups in total. The van der Waals surface area contributed by atoms with Gasteiger partial charge in [0.1, 0.15) is 6.04 Å². The lowest BCUT2D eigenvalue weighted by molar-refractivity contribution is -0.142. The Morgan fingerprint density at radius 2 is 2.29 bits per heavy atom. The maximum Gasteiger partial charge on any atom is 0.326 e. The first-order valence-electron chi connectivity index (χ1n) is 5.66. The molecule has 98 valence electrons. The van der Waals surface area contributed by atoms with Crippen LogP contribution in [-0.4, -0.2) is 45.5 Å². The summed E-state index contributed by atoms with van der Waals surface area (Å²) in [5.74, 6) is 0.639. The SMILES string of the molecule is CSCCC(NC(=O)C1(C)CCCS1)C(=O)O. The average molecular weight is 277 g/mol. The van der Waals surface area contributed by atoms with Gasteiger partial charge >= 0.3 is 5.97 Å². The summed E-state index contributed by atoms with van der Waals surface area (Å²) in [6, 6.07) is -0.757. The van der Waals surface area contributed by atoms with Crippen molar-refractivity contribution in [2.24, 2.45) is 0 Å². The second kappa shape index (κ2) is 6.54. The first-order valence-corrected chi connectivity index (χ1v) is 8.04. The Hall–Kier alpha value is -0.360. The molecule has 0 radical (unpaired) electrons. The van der Waals surface area contributed by atoms with Gasteiger partial charge < -0.3 is 10.4 Å². The molecule has 1 fully saturated rings. The number of nitrogens with one attached hydrogen (secondary N) is 1. The quantitative estimate of drug-likeness (QED) is 0.772. The Bertz CT molecular complexity index is 290. The first kappa shape index (κ1) is 14.7. The number of aliphatic carboxylic acids is 1. The number of carbonyl (C=O) groups excluding carboxylic acids is 1. The molecule has 0 bridgehead atoms. The third kappa shape index (κ3) is 4.10. The molecule has 1 aliphatic heterocycles. The normalized spacial score (nSPS) is 25.5. The second-order valence-corrected chi connectivity index (χ2v) is 6.91. The Labute approximate surface area is 110 Å². The molecule has 1 saturated heterocycles. The zero-order valence-electron chi connectivity index (χ0n) is 10.2. The van der Waals surface area contributed by atoms with Crippen LogP contribution in [0.1, 0.15) is 26.2 Å². The van der Waals surface area contributed by atoms with Gasteiger partial charge in [-0.1, -0.05) is 0 Å². The van der Waals surface area contributed by atoms with Crippen LogP contribution in [0.4, 0.5) is 0 Å². The van der Waals surface area contributed by atoms with E-state index in [-0.39, 0.29) is 5.91 Å². The van der Waals surface area contributed by atoms with Gasteiger partial charge in [0, 0.05) is 0 Å². The first-order chi connectivity index (χ1) is 7.99. The summed E-state index contributed by atoms with van der Waals surface area (Å²) < 4.78 is -0.437. The van der Waals surface area contributed by atoms with Gasteiger partial charge in [-0.3, -0.25) is 4.79 Å². The summed E-state index contributed by atoms with van der Waals surface area (Å²) in [5.41, 5.74) is 0. The summed E-state index contributed by atoms with van der Waals surface area (Å²) >= 11 is 3.21. The van der Waals surface area contributed by atoms with E-state index in [1.54, 1.807) is 23.5 Å². The lowest BCUT2D eigenvalue weighted by Crippen LogP contribution is -2.48. The van der Waals surface area contributed by atoms with Crippen LogP contribution in [-0.2, 0) is 9.59 Å². The number of amides is 1. The molecule has 4 nitrogen and oxygen atoms in total. The standard InChI is InChI=1S/C11H19NO3S2/c1-11(5-3-6-17-11)10(15)12-8(9(13)14)4-7-16-2/h8H,3-7H2,1-2H3,(H,12,15)(H,13,14). The van der Waals surface area contributed by atoms with Crippen molar-refractivity contribution in [3.63, 3.8) is 0 Å². The van der Waals surface area contributed by atoms with Gasteiger partial charge in [-0.05, 0) is 43.9 Å². The number of hydrogen-bond acceptors (Lipinski definition) is 4. The lowest BCUT2D eigenvalue weighted by Gasteiger charge is -2.24. The van der Waals surface area contributed by atoms with Crippen LogP contribution in [0.5, 0.6) is 0 Å². The highest BCUT2D eigenvalue weighted by molar-refractivity contribution is 8.01. The van der Waals surface area contributed by atoms with Crippen molar-refractivity contribution < 1.29 is 14.7 Å². The van der Waals surface area contributed by atoms with Crippen molar-refractivity contribution in [3.05, 3.63) is 0 Å². The van der Waals surface area contributed by atoms with Gasteiger partial charge in [0.15, 0.2) is 0 Å². The minimum Gasteiger partial charge on any atom is -0.480 e. The monoisotopic (exact) mass is 277 g/mol. The molecule has 1 heterocycles. The molecule has 17 heavy (non-hydrogen) atoms. The van der Waals surface area contributed by atoms with Crippen LogP contribution in [0, 0.1) is 0 Å². The van der Waals surface area contributed by atoms with E-state index in [0.717, 1.165) is 24.3 Å². The van der Waals surface area contributed by atoms with Crippen LogP contribution in [0.3, 0.4) is 0 Å². The Morgan fingerprint density at radius 1 is 1.59 bits per heavy atom. The van der Waals surface area contributed by atoms with Crippen molar-refractivity contribution in [1.29, 1.82) is 0 Å². The van der Waals surface area contributed by atoms with Gasteiger partial charge in [-0.2, -0.15) is 11.8 Å². The Morgan fingerprint density at radius 3 is 2.76 bits per heavy atom. The fourth-order valence-electron chi connectivity index (χ4n) is 1.76. The molecule has 2 atom stereocenters. The molecule has 0 saturated carbocycles. The molecule has 1 amide bonds. The molecule has 1 rings (SSSR count). The van der Waals surface area contributed by atoms with Gasteiger partial charge in [0.2, 0.25) is 5.91 Å². The van der Waals surface area contributed by atoms with E-state index >= 15 is 0 Å². The second-order valence-electron chi connectivity index (χ2n) is 4.33. The van der Waals surface area contributed by atoms with E-state index in [1.807, 2.05) is 13.2 Å². The van der Waals surface area contributed by atoms with Gasteiger partial charge in [0.05, 0.1) is 4.75 Å². The number of carboxylic acid groups (broad SMARTS) is 1. The molecule has 6 heteroatoms. The number of hydrogen-bond donors (Lipinski definition) is 2. The van der Waals surface area contributed by atoms with Crippen molar-refractivity contribution in [1.82, 2.24) is 5.32 Å². The number of rotatable bonds is 6. The zero-order chi connectivity index (χ0) is 12.9. The van der Waals surface area contributed by atoms with Gasteiger partial charge in [-0.15, -0.1) is 11.8 Å². The topological polar surface area (TPSA) is 66.4 Å².